The highest BCUT2D eigenvalue weighted by Crippen LogP contribution is 2.32. The summed E-state index contributed by atoms with van der Waals surface area (Å²) in [6, 6.07) is 14.0. The highest BCUT2D eigenvalue weighted by atomic mass is 16.5. The number of nitrogens with zero attached hydrogens (tertiary/aromatic N) is 3. The number of imidazole rings is 1. The Balaban J connectivity index is 1.39. The van der Waals surface area contributed by atoms with E-state index in [4.69, 9.17) is 9.47 Å². The third-order valence-corrected chi connectivity index (χ3v) is 4.71. The standard InChI is InChI=1S/C21H25N5O2/c1-15-24-17-6-3-4-7-18(17)26(15)11-10-23-21(22-2)25-16-8-9-19-20(14-16)28-13-5-12-27-19/h3-4,6-9,14H,5,10-13H2,1-2H3,(H2,22,23,25). The maximum Gasteiger partial charge on any atom is 0.195 e. The molecular weight excluding hydrogens is 354 g/mol. The molecule has 7 heteroatoms. The van der Waals surface area contributed by atoms with E-state index in [1.165, 1.54) is 0 Å². The summed E-state index contributed by atoms with van der Waals surface area (Å²) in [5.74, 6) is 3.26. The third-order valence-electron chi connectivity index (χ3n) is 4.71. The number of rotatable bonds is 4. The van der Waals surface area contributed by atoms with Crippen molar-refractivity contribution in [2.75, 3.05) is 32.1 Å². The molecule has 28 heavy (non-hydrogen) atoms. The van der Waals surface area contributed by atoms with Gasteiger partial charge in [-0.15, -0.1) is 0 Å². The van der Waals surface area contributed by atoms with Crippen molar-refractivity contribution in [2.24, 2.45) is 4.99 Å². The number of nitrogens with one attached hydrogen (secondary N) is 2. The van der Waals surface area contributed by atoms with Gasteiger partial charge in [-0.1, -0.05) is 12.1 Å². The number of para-hydroxylation sites is 2. The number of benzene rings is 2. The summed E-state index contributed by atoms with van der Waals surface area (Å²) in [6.07, 6.45) is 0.892. The molecule has 0 saturated heterocycles. The van der Waals surface area contributed by atoms with Crippen LogP contribution in [0.3, 0.4) is 0 Å². The Hall–Kier alpha value is -3.22. The molecule has 0 radical (unpaired) electrons. The average Bonchev–Trinajstić information content (AvgIpc) is 2.88. The molecular formula is C21H25N5O2. The molecule has 4 rings (SSSR count). The number of hydrogen-bond donors (Lipinski definition) is 2. The van der Waals surface area contributed by atoms with Crippen molar-refractivity contribution in [3.05, 3.63) is 48.3 Å². The highest BCUT2D eigenvalue weighted by molar-refractivity contribution is 5.93. The van der Waals surface area contributed by atoms with Crippen LogP contribution in [0.25, 0.3) is 11.0 Å². The van der Waals surface area contributed by atoms with Crippen LogP contribution in [-0.2, 0) is 6.54 Å². The number of guanidine groups is 1. The van der Waals surface area contributed by atoms with Crippen LogP contribution in [-0.4, -0.2) is 42.3 Å². The molecule has 7 nitrogen and oxygen atoms in total. The lowest BCUT2D eigenvalue weighted by molar-refractivity contribution is 0.297. The van der Waals surface area contributed by atoms with Crippen molar-refractivity contribution in [1.82, 2.24) is 14.9 Å². The second-order valence-corrected chi connectivity index (χ2v) is 6.64. The predicted molar refractivity (Wildman–Crippen MR) is 112 cm³/mol. The number of aryl methyl sites for hydroxylation is 1. The van der Waals surface area contributed by atoms with E-state index in [1.54, 1.807) is 7.05 Å². The first-order valence-corrected chi connectivity index (χ1v) is 9.54. The zero-order chi connectivity index (χ0) is 19.3. The molecule has 1 aliphatic heterocycles. The van der Waals surface area contributed by atoms with Crippen LogP contribution in [0.4, 0.5) is 5.69 Å². The normalized spacial score (nSPS) is 14.0. The van der Waals surface area contributed by atoms with Crippen LogP contribution in [0, 0.1) is 6.92 Å². The fourth-order valence-electron chi connectivity index (χ4n) is 3.32. The number of hydrogen-bond acceptors (Lipinski definition) is 4. The van der Waals surface area contributed by atoms with Crippen LogP contribution in [0.5, 0.6) is 11.5 Å². The van der Waals surface area contributed by atoms with Gasteiger partial charge in [-0.3, -0.25) is 4.99 Å². The Morgan fingerprint density at radius 3 is 2.82 bits per heavy atom. The van der Waals surface area contributed by atoms with Crippen LogP contribution >= 0.6 is 0 Å². The largest absolute Gasteiger partial charge is 0.490 e. The van der Waals surface area contributed by atoms with Gasteiger partial charge in [0.25, 0.3) is 0 Å². The van der Waals surface area contributed by atoms with Gasteiger partial charge in [-0.2, -0.15) is 0 Å². The smallest absolute Gasteiger partial charge is 0.195 e. The minimum atomic E-state index is 0.668. The fraction of sp³-hybridized carbons (Fsp3) is 0.333. The summed E-state index contributed by atoms with van der Waals surface area (Å²) in [6.45, 7) is 4.91. The number of ether oxygens (including phenoxy) is 2. The van der Waals surface area contributed by atoms with E-state index in [9.17, 15) is 0 Å². The molecule has 0 spiro atoms. The van der Waals surface area contributed by atoms with Crippen LogP contribution < -0.4 is 20.1 Å². The maximum absolute atomic E-state index is 5.75. The number of aliphatic imine (C=N–C) groups is 1. The Bertz CT molecular complexity index is 996. The van der Waals surface area contributed by atoms with E-state index in [2.05, 4.69) is 31.2 Å². The monoisotopic (exact) mass is 379 g/mol. The maximum atomic E-state index is 5.75. The second kappa shape index (κ2) is 8.21. The van der Waals surface area contributed by atoms with Gasteiger partial charge in [0.1, 0.15) is 5.82 Å². The Labute approximate surface area is 164 Å². The summed E-state index contributed by atoms with van der Waals surface area (Å²) >= 11 is 0. The molecule has 0 amide bonds. The van der Waals surface area contributed by atoms with Gasteiger partial charge >= 0.3 is 0 Å². The van der Waals surface area contributed by atoms with Crippen molar-refractivity contribution in [3.8, 4) is 11.5 Å². The quantitative estimate of drug-likeness (QED) is 0.538. The van der Waals surface area contributed by atoms with Gasteiger partial charge in [0.15, 0.2) is 17.5 Å². The zero-order valence-electron chi connectivity index (χ0n) is 16.2. The van der Waals surface area contributed by atoms with Gasteiger partial charge in [-0.25, -0.2) is 4.98 Å². The molecule has 2 N–H and O–H groups in total. The van der Waals surface area contributed by atoms with E-state index in [-0.39, 0.29) is 0 Å². The van der Waals surface area contributed by atoms with Gasteiger partial charge in [-0.05, 0) is 31.2 Å². The summed E-state index contributed by atoms with van der Waals surface area (Å²) in [5.41, 5.74) is 3.07. The van der Waals surface area contributed by atoms with Gasteiger partial charge in [0, 0.05) is 38.3 Å². The molecule has 0 saturated carbocycles. The molecule has 1 aliphatic rings. The fourth-order valence-corrected chi connectivity index (χ4v) is 3.32. The van der Waals surface area contributed by atoms with Crippen molar-refractivity contribution < 1.29 is 9.47 Å². The summed E-state index contributed by atoms with van der Waals surface area (Å²) < 4.78 is 13.6. The van der Waals surface area contributed by atoms with E-state index in [1.807, 2.05) is 43.3 Å². The first-order chi connectivity index (χ1) is 13.7. The topological polar surface area (TPSA) is 72.7 Å². The Morgan fingerprint density at radius 1 is 1.14 bits per heavy atom. The SMILES string of the molecule is CN=C(NCCn1c(C)nc2ccccc21)Nc1ccc2c(c1)OCCCO2. The van der Waals surface area contributed by atoms with Gasteiger partial charge < -0.3 is 24.7 Å². The first kappa shape index (κ1) is 18.2. The first-order valence-electron chi connectivity index (χ1n) is 9.54. The molecule has 0 bridgehead atoms. The summed E-state index contributed by atoms with van der Waals surface area (Å²) in [5, 5.41) is 6.67. The van der Waals surface area contributed by atoms with E-state index < -0.39 is 0 Å². The molecule has 1 aromatic heterocycles. The van der Waals surface area contributed by atoms with Crippen LogP contribution in [0.1, 0.15) is 12.2 Å². The highest BCUT2D eigenvalue weighted by Gasteiger charge is 2.11. The second-order valence-electron chi connectivity index (χ2n) is 6.64. The Kier molecular flexibility index (Phi) is 5.32. The number of aromatic nitrogens is 2. The molecule has 3 aromatic rings. The molecule has 2 aromatic carbocycles. The van der Waals surface area contributed by atoms with Gasteiger partial charge in [0.05, 0.1) is 24.2 Å². The lowest BCUT2D eigenvalue weighted by Crippen LogP contribution is -2.33. The van der Waals surface area contributed by atoms with Crippen molar-refractivity contribution >= 4 is 22.7 Å². The third kappa shape index (κ3) is 3.88. The van der Waals surface area contributed by atoms with Gasteiger partial charge in [0.2, 0.25) is 0 Å². The number of fused-ring (bicyclic) bond motifs is 2. The minimum absolute atomic E-state index is 0.668. The van der Waals surface area contributed by atoms with E-state index in [0.717, 1.165) is 53.6 Å². The molecule has 2 heterocycles. The minimum Gasteiger partial charge on any atom is -0.490 e. The summed E-state index contributed by atoms with van der Waals surface area (Å²) in [7, 11) is 1.76. The molecule has 0 atom stereocenters. The Morgan fingerprint density at radius 2 is 1.96 bits per heavy atom. The molecule has 0 fully saturated rings. The lowest BCUT2D eigenvalue weighted by atomic mass is 10.3. The van der Waals surface area contributed by atoms with E-state index >= 15 is 0 Å². The van der Waals surface area contributed by atoms with Crippen molar-refractivity contribution in [1.29, 1.82) is 0 Å². The van der Waals surface area contributed by atoms with Crippen molar-refractivity contribution in [2.45, 2.75) is 19.9 Å². The molecule has 0 unspecified atom stereocenters. The van der Waals surface area contributed by atoms with Crippen molar-refractivity contribution in [3.63, 3.8) is 0 Å². The molecule has 146 valence electrons. The lowest BCUT2D eigenvalue weighted by Gasteiger charge is -2.14. The average molecular weight is 379 g/mol. The summed E-state index contributed by atoms with van der Waals surface area (Å²) in [4.78, 5) is 8.93. The van der Waals surface area contributed by atoms with Crippen LogP contribution in [0.15, 0.2) is 47.5 Å². The zero-order valence-corrected chi connectivity index (χ0v) is 16.2. The molecule has 0 aliphatic carbocycles. The number of anilines is 1. The van der Waals surface area contributed by atoms with E-state index in [0.29, 0.717) is 19.2 Å². The van der Waals surface area contributed by atoms with Crippen LogP contribution in [0.2, 0.25) is 0 Å². The predicted octanol–water partition coefficient (Wildman–Crippen LogP) is 3.19.